The third-order valence-corrected chi connectivity index (χ3v) is 3.61. The molecule has 1 aliphatic heterocycles. The van der Waals surface area contributed by atoms with Gasteiger partial charge in [0.25, 0.3) is 0 Å². The molecule has 94 valence electrons. The Morgan fingerprint density at radius 1 is 1.53 bits per heavy atom. The molecule has 1 fully saturated rings. The van der Waals surface area contributed by atoms with Gasteiger partial charge in [0.05, 0.1) is 12.2 Å². The van der Waals surface area contributed by atoms with Gasteiger partial charge in [-0.25, -0.2) is 0 Å². The van der Waals surface area contributed by atoms with E-state index in [1.54, 1.807) is 0 Å². The molecule has 2 rings (SSSR count). The Labute approximate surface area is 105 Å². The topological polar surface area (TPSA) is 49.8 Å². The Kier molecular flexibility index (Phi) is 3.81. The predicted molar refractivity (Wildman–Crippen MR) is 66.3 cm³/mol. The second-order valence-corrected chi connectivity index (χ2v) is 5.29. The minimum atomic E-state index is -0.787. The van der Waals surface area contributed by atoms with Crippen LogP contribution >= 0.6 is 11.3 Å². The van der Waals surface area contributed by atoms with Crippen molar-refractivity contribution in [2.75, 3.05) is 13.1 Å². The third kappa shape index (κ3) is 2.86. The van der Waals surface area contributed by atoms with Gasteiger partial charge >= 0.3 is 5.97 Å². The maximum Gasteiger partial charge on any atom is 0.325 e. The van der Waals surface area contributed by atoms with E-state index in [4.69, 9.17) is 4.74 Å². The molecule has 1 aromatic rings. The first-order valence-corrected chi connectivity index (χ1v) is 6.66. The average molecular weight is 255 g/mol. The van der Waals surface area contributed by atoms with Gasteiger partial charge in [0, 0.05) is 13.1 Å². The third-order valence-electron chi connectivity index (χ3n) is 2.91. The summed E-state index contributed by atoms with van der Waals surface area (Å²) < 4.78 is 5.63. The van der Waals surface area contributed by atoms with Crippen LogP contribution in [-0.4, -0.2) is 41.3 Å². The van der Waals surface area contributed by atoms with Gasteiger partial charge in [-0.15, -0.1) is 0 Å². The molecular weight excluding hydrogens is 238 g/mol. The lowest BCUT2D eigenvalue weighted by atomic mass is 10.1. The summed E-state index contributed by atoms with van der Waals surface area (Å²) in [5.41, 5.74) is 0.865. The maximum absolute atomic E-state index is 11.4. The summed E-state index contributed by atoms with van der Waals surface area (Å²) in [7, 11) is 0. The molecule has 2 heterocycles. The van der Waals surface area contributed by atoms with Crippen molar-refractivity contribution in [1.29, 1.82) is 0 Å². The average Bonchev–Trinajstić information content (AvgIpc) is 2.68. The number of hydrogen-bond acceptors (Lipinski definition) is 4. The molecule has 17 heavy (non-hydrogen) atoms. The zero-order valence-electron chi connectivity index (χ0n) is 10.00. The molecule has 1 N–H and O–H groups in total. The SMILES string of the molecule is CC1CN(C(C(=O)O)c2ccsc2)CC(C)O1. The molecule has 3 unspecified atom stereocenters. The van der Waals surface area contributed by atoms with E-state index in [0.29, 0.717) is 13.1 Å². The van der Waals surface area contributed by atoms with E-state index in [1.807, 2.05) is 35.6 Å². The van der Waals surface area contributed by atoms with E-state index < -0.39 is 12.0 Å². The van der Waals surface area contributed by atoms with Gasteiger partial charge in [0.2, 0.25) is 0 Å². The van der Waals surface area contributed by atoms with Gasteiger partial charge in [-0.05, 0) is 36.2 Å². The summed E-state index contributed by atoms with van der Waals surface area (Å²) in [6.45, 7) is 5.29. The fourth-order valence-corrected chi connectivity index (χ4v) is 3.05. The molecule has 0 radical (unpaired) electrons. The second-order valence-electron chi connectivity index (χ2n) is 4.51. The van der Waals surface area contributed by atoms with Crippen molar-refractivity contribution in [3.8, 4) is 0 Å². The van der Waals surface area contributed by atoms with E-state index in [-0.39, 0.29) is 12.2 Å². The number of morpholine rings is 1. The zero-order chi connectivity index (χ0) is 12.4. The maximum atomic E-state index is 11.4. The molecule has 3 atom stereocenters. The second kappa shape index (κ2) is 5.16. The molecule has 0 aliphatic carbocycles. The highest BCUT2D eigenvalue weighted by atomic mass is 32.1. The summed E-state index contributed by atoms with van der Waals surface area (Å²) >= 11 is 1.53. The largest absolute Gasteiger partial charge is 0.480 e. The Morgan fingerprint density at radius 2 is 2.18 bits per heavy atom. The Morgan fingerprint density at radius 3 is 2.65 bits per heavy atom. The van der Waals surface area contributed by atoms with E-state index in [2.05, 4.69) is 0 Å². The van der Waals surface area contributed by atoms with Crippen molar-refractivity contribution in [2.24, 2.45) is 0 Å². The lowest BCUT2D eigenvalue weighted by Crippen LogP contribution is -2.48. The Hall–Kier alpha value is -0.910. The van der Waals surface area contributed by atoms with E-state index in [9.17, 15) is 9.90 Å². The predicted octanol–water partition coefficient (Wildman–Crippen LogP) is 1.98. The van der Waals surface area contributed by atoms with Crippen molar-refractivity contribution >= 4 is 17.3 Å². The summed E-state index contributed by atoms with van der Waals surface area (Å²) in [4.78, 5) is 13.4. The smallest absolute Gasteiger partial charge is 0.325 e. The normalized spacial score (nSPS) is 27.9. The molecule has 0 saturated carbocycles. The Balaban J connectivity index is 2.19. The molecule has 1 saturated heterocycles. The van der Waals surface area contributed by atoms with Gasteiger partial charge in [0.1, 0.15) is 6.04 Å². The fraction of sp³-hybridized carbons (Fsp3) is 0.583. The van der Waals surface area contributed by atoms with Gasteiger partial charge in [-0.1, -0.05) is 0 Å². The van der Waals surface area contributed by atoms with Crippen LogP contribution in [0.4, 0.5) is 0 Å². The van der Waals surface area contributed by atoms with Crippen molar-refractivity contribution in [3.05, 3.63) is 22.4 Å². The first-order chi connectivity index (χ1) is 8.08. The molecule has 0 bridgehead atoms. The number of carboxylic acid groups (broad SMARTS) is 1. The van der Waals surface area contributed by atoms with Crippen LogP contribution in [0.1, 0.15) is 25.5 Å². The van der Waals surface area contributed by atoms with Crippen LogP contribution < -0.4 is 0 Å². The molecular formula is C12H17NO3S. The summed E-state index contributed by atoms with van der Waals surface area (Å²) in [6, 6.07) is 1.34. The van der Waals surface area contributed by atoms with Crippen molar-refractivity contribution in [3.63, 3.8) is 0 Å². The van der Waals surface area contributed by atoms with Crippen LogP contribution in [0, 0.1) is 0 Å². The van der Waals surface area contributed by atoms with E-state index >= 15 is 0 Å². The number of thiophene rings is 1. The monoisotopic (exact) mass is 255 g/mol. The lowest BCUT2D eigenvalue weighted by molar-refractivity contribution is -0.149. The van der Waals surface area contributed by atoms with Crippen LogP contribution in [-0.2, 0) is 9.53 Å². The van der Waals surface area contributed by atoms with Crippen LogP contribution in [0.25, 0.3) is 0 Å². The van der Waals surface area contributed by atoms with Crippen molar-refractivity contribution in [1.82, 2.24) is 4.90 Å². The van der Waals surface area contributed by atoms with Gasteiger partial charge in [-0.2, -0.15) is 11.3 Å². The summed E-state index contributed by atoms with van der Waals surface area (Å²) in [5, 5.41) is 13.2. The van der Waals surface area contributed by atoms with Crippen molar-refractivity contribution in [2.45, 2.75) is 32.1 Å². The molecule has 1 aliphatic rings. The molecule has 4 nitrogen and oxygen atoms in total. The summed E-state index contributed by atoms with van der Waals surface area (Å²) in [6.07, 6.45) is 0.165. The molecule has 0 spiro atoms. The number of aliphatic carboxylic acids is 1. The van der Waals surface area contributed by atoms with Crippen molar-refractivity contribution < 1.29 is 14.6 Å². The minimum absolute atomic E-state index is 0.0826. The van der Waals surface area contributed by atoms with Crippen LogP contribution in [0.5, 0.6) is 0 Å². The standard InChI is InChI=1S/C12H17NO3S/c1-8-5-13(6-9(2)16-8)11(12(14)15)10-3-4-17-7-10/h3-4,7-9,11H,5-6H2,1-2H3,(H,14,15). The van der Waals surface area contributed by atoms with Gasteiger partial charge in [0.15, 0.2) is 0 Å². The highest BCUT2D eigenvalue weighted by Gasteiger charge is 2.33. The van der Waals surface area contributed by atoms with E-state index in [1.165, 1.54) is 11.3 Å². The van der Waals surface area contributed by atoms with Crippen LogP contribution in [0.2, 0.25) is 0 Å². The Bertz CT molecular complexity index is 369. The molecule has 5 heteroatoms. The quantitative estimate of drug-likeness (QED) is 0.897. The van der Waals surface area contributed by atoms with Crippen LogP contribution in [0.15, 0.2) is 16.8 Å². The zero-order valence-corrected chi connectivity index (χ0v) is 10.8. The van der Waals surface area contributed by atoms with E-state index in [0.717, 1.165) is 5.56 Å². The fourth-order valence-electron chi connectivity index (χ4n) is 2.37. The van der Waals surface area contributed by atoms with Gasteiger partial charge < -0.3 is 9.84 Å². The number of carbonyl (C=O) groups is 1. The highest BCUT2D eigenvalue weighted by molar-refractivity contribution is 7.08. The molecule has 1 aromatic heterocycles. The first kappa shape index (κ1) is 12.5. The number of rotatable bonds is 3. The minimum Gasteiger partial charge on any atom is -0.480 e. The number of carboxylic acids is 1. The first-order valence-electron chi connectivity index (χ1n) is 5.72. The highest BCUT2D eigenvalue weighted by Crippen LogP contribution is 2.26. The number of hydrogen-bond donors (Lipinski definition) is 1. The summed E-state index contributed by atoms with van der Waals surface area (Å²) in [5.74, 6) is -0.787. The molecule has 0 amide bonds. The molecule has 0 aromatic carbocycles. The van der Waals surface area contributed by atoms with Gasteiger partial charge in [-0.3, -0.25) is 9.69 Å². The number of nitrogens with zero attached hydrogens (tertiary/aromatic N) is 1. The van der Waals surface area contributed by atoms with Crippen LogP contribution in [0.3, 0.4) is 0 Å². The number of ether oxygens (including phenoxy) is 1. The lowest BCUT2D eigenvalue weighted by Gasteiger charge is -2.38.